The lowest BCUT2D eigenvalue weighted by atomic mass is 10.1. The number of aryl methyl sites for hydroxylation is 2. The van der Waals surface area contributed by atoms with Crippen molar-refractivity contribution in [2.75, 3.05) is 23.1 Å². The molecule has 0 aromatic heterocycles. The quantitative estimate of drug-likeness (QED) is 0.423. The van der Waals surface area contributed by atoms with Crippen LogP contribution in [0.15, 0.2) is 77.7 Å². The Morgan fingerprint density at radius 1 is 0.970 bits per heavy atom. The molecule has 0 heterocycles. The predicted molar refractivity (Wildman–Crippen MR) is 132 cm³/mol. The molecule has 0 aliphatic rings. The van der Waals surface area contributed by atoms with Gasteiger partial charge in [-0.25, -0.2) is 12.8 Å². The van der Waals surface area contributed by atoms with Crippen LogP contribution in [0.5, 0.6) is 0 Å². The number of carbonyl (C=O) groups excluding carboxylic acids is 1. The Morgan fingerprint density at radius 2 is 1.64 bits per heavy atom. The van der Waals surface area contributed by atoms with Crippen LogP contribution in [-0.2, 0) is 20.6 Å². The Kier molecular flexibility index (Phi) is 8.52. The summed E-state index contributed by atoms with van der Waals surface area (Å²) in [7, 11) is -4.14. The van der Waals surface area contributed by atoms with Crippen LogP contribution < -0.4 is 9.62 Å². The van der Waals surface area contributed by atoms with E-state index in [1.807, 2.05) is 19.1 Å². The number of hydrogen-bond donors (Lipinski definition) is 1. The highest BCUT2D eigenvalue weighted by molar-refractivity contribution is 7.98. The topological polar surface area (TPSA) is 66.5 Å². The van der Waals surface area contributed by atoms with Crippen molar-refractivity contribution in [3.05, 3.63) is 95.3 Å². The second kappa shape index (κ2) is 11.3. The van der Waals surface area contributed by atoms with Crippen molar-refractivity contribution in [3.8, 4) is 0 Å². The summed E-state index contributed by atoms with van der Waals surface area (Å²) in [6, 6.07) is 19.9. The first-order valence-corrected chi connectivity index (χ1v) is 13.1. The minimum Gasteiger partial charge on any atom is -0.354 e. The van der Waals surface area contributed by atoms with Crippen molar-refractivity contribution in [2.24, 2.45) is 0 Å². The van der Waals surface area contributed by atoms with Gasteiger partial charge in [0.1, 0.15) is 12.4 Å². The molecule has 0 unspecified atom stereocenters. The third-order valence-corrected chi connectivity index (χ3v) is 7.89. The van der Waals surface area contributed by atoms with Gasteiger partial charge in [0.2, 0.25) is 5.91 Å². The van der Waals surface area contributed by atoms with E-state index in [0.29, 0.717) is 12.3 Å². The van der Waals surface area contributed by atoms with Crippen LogP contribution in [-0.4, -0.2) is 33.2 Å². The lowest BCUT2D eigenvalue weighted by molar-refractivity contribution is -0.119. The summed E-state index contributed by atoms with van der Waals surface area (Å²) in [5.41, 5.74) is 3.19. The maximum Gasteiger partial charge on any atom is 0.264 e. The first-order chi connectivity index (χ1) is 15.8. The number of halogens is 1. The van der Waals surface area contributed by atoms with E-state index in [-0.39, 0.29) is 10.6 Å². The van der Waals surface area contributed by atoms with Gasteiger partial charge in [-0.05, 0) is 49.2 Å². The van der Waals surface area contributed by atoms with Crippen molar-refractivity contribution in [3.63, 3.8) is 0 Å². The monoisotopic (exact) mass is 486 g/mol. The molecule has 0 radical (unpaired) electrons. The number of amides is 1. The molecule has 0 bridgehead atoms. The number of para-hydroxylation sites is 1. The highest BCUT2D eigenvalue weighted by atomic mass is 32.2. The zero-order valence-corrected chi connectivity index (χ0v) is 20.3. The average Bonchev–Trinajstić information content (AvgIpc) is 2.79. The molecule has 3 rings (SSSR count). The third-order valence-electron chi connectivity index (χ3n) is 5.10. The fraction of sp³-hybridized carbons (Fsp3) is 0.240. The Balaban J connectivity index is 1.66. The van der Waals surface area contributed by atoms with Gasteiger partial charge < -0.3 is 5.32 Å². The number of thioether (sulfide) groups is 1. The molecule has 8 heteroatoms. The van der Waals surface area contributed by atoms with Crippen molar-refractivity contribution in [1.29, 1.82) is 0 Å². The molecule has 1 amide bonds. The average molecular weight is 487 g/mol. The lowest BCUT2D eigenvalue weighted by Crippen LogP contribution is -2.41. The van der Waals surface area contributed by atoms with Gasteiger partial charge in [-0.2, -0.15) is 11.8 Å². The highest BCUT2D eigenvalue weighted by Gasteiger charge is 2.29. The number of nitrogens with zero attached hydrogens (tertiary/aromatic N) is 1. The summed E-state index contributed by atoms with van der Waals surface area (Å²) >= 11 is 1.68. The molecule has 5 nitrogen and oxygen atoms in total. The Bertz CT molecular complexity index is 1200. The van der Waals surface area contributed by atoms with Gasteiger partial charge in [0.25, 0.3) is 10.0 Å². The maximum atomic E-state index is 14.5. The largest absolute Gasteiger partial charge is 0.354 e. The van der Waals surface area contributed by atoms with Crippen molar-refractivity contribution < 1.29 is 17.6 Å². The van der Waals surface area contributed by atoms with E-state index in [1.54, 1.807) is 23.9 Å². The summed E-state index contributed by atoms with van der Waals surface area (Å²) < 4.78 is 41.9. The van der Waals surface area contributed by atoms with Gasteiger partial charge in [-0.15, -0.1) is 0 Å². The molecule has 174 valence electrons. The van der Waals surface area contributed by atoms with Gasteiger partial charge in [0.05, 0.1) is 10.6 Å². The highest BCUT2D eigenvalue weighted by Crippen LogP contribution is 2.26. The fourth-order valence-electron chi connectivity index (χ4n) is 3.19. The van der Waals surface area contributed by atoms with E-state index in [9.17, 15) is 17.6 Å². The summed E-state index contributed by atoms with van der Waals surface area (Å²) in [6.45, 7) is 3.77. The molecule has 0 spiro atoms. The molecular weight excluding hydrogens is 459 g/mol. The van der Waals surface area contributed by atoms with Crippen molar-refractivity contribution in [1.82, 2.24) is 5.32 Å². The zero-order valence-electron chi connectivity index (χ0n) is 18.6. The van der Waals surface area contributed by atoms with E-state index in [2.05, 4.69) is 24.4 Å². The molecule has 1 N–H and O–H groups in total. The van der Waals surface area contributed by atoms with Crippen LogP contribution >= 0.6 is 11.8 Å². The number of hydrogen-bond acceptors (Lipinski definition) is 4. The lowest BCUT2D eigenvalue weighted by Gasteiger charge is -2.24. The van der Waals surface area contributed by atoms with E-state index in [4.69, 9.17) is 0 Å². The second-order valence-electron chi connectivity index (χ2n) is 7.61. The smallest absolute Gasteiger partial charge is 0.264 e. The minimum atomic E-state index is -4.14. The Labute approximate surface area is 199 Å². The van der Waals surface area contributed by atoms with Crippen LogP contribution in [0.1, 0.15) is 16.7 Å². The number of rotatable bonds is 10. The van der Waals surface area contributed by atoms with Gasteiger partial charge in [0, 0.05) is 18.1 Å². The van der Waals surface area contributed by atoms with Crippen LogP contribution in [0.3, 0.4) is 0 Å². The molecule has 0 aliphatic carbocycles. The number of benzene rings is 3. The summed E-state index contributed by atoms with van der Waals surface area (Å²) in [4.78, 5) is 12.6. The summed E-state index contributed by atoms with van der Waals surface area (Å²) in [6.07, 6.45) is 0. The van der Waals surface area contributed by atoms with Crippen LogP contribution in [0.4, 0.5) is 10.1 Å². The van der Waals surface area contributed by atoms with Gasteiger partial charge in [0.15, 0.2) is 0 Å². The molecular formula is C25H27FN2O3S2. The summed E-state index contributed by atoms with van der Waals surface area (Å²) in [5, 5.41) is 2.75. The van der Waals surface area contributed by atoms with Crippen LogP contribution in [0.25, 0.3) is 0 Å². The fourth-order valence-corrected chi connectivity index (χ4v) is 5.56. The molecule has 0 saturated carbocycles. The standard InChI is InChI=1S/C25H27FN2O3S2/c1-19-11-13-22(14-12-19)33(30,31)28(24-10-6-5-9-23(24)26)17-25(29)27-15-16-32-18-21-8-4-3-7-20(21)2/h3-14H,15-18H2,1-2H3,(H,27,29). The molecule has 0 fully saturated rings. The molecule has 3 aromatic rings. The maximum absolute atomic E-state index is 14.5. The van der Waals surface area contributed by atoms with Crippen LogP contribution in [0.2, 0.25) is 0 Å². The molecule has 0 atom stereocenters. The molecule has 0 aliphatic heterocycles. The molecule has 0 saturated heterocycles. The number of anilines is 1. The molecule has 3 aromatic carbocycles. The first kappa shape index (κ1) is 24.8. The number of sulfonamides is 1. The Morgan fingerprint density at radius 3 is 2.33 bits per heavy atom. The SMILES string of the molecule is Cc1ccc(S(=O)(=O)N(CC(=O)NCCSCc2ccccc2C)c2ccccc2F)cc1. The third kappa shape index (κ3) is 6.58. The van der Waals surface area contributed by atoms with E-state index in [0.717, 1.165) is 15.6 Å². The van der Waals surface area contributed by atoms with E-state index in [1.165, 1.54) is 47.5 Å². The van der Waals surface area contributed by atoms with E-state index >= 15 is 0 Å². The Hall–Kier alpha value is -2.84. The normalized spacial score (nSPS) is 11.2. The summed E-state index contributed by atoms with van der Waals surface area (Å²) in [5.74, 6) is 0.288. The van der Waals surface area contributed by atoms with E-state index < -0.39 is 28.3 Å². The minimum absolute atomic E-state index is 0.00191. The number of carbonyl (C=O) groups is 1. The zero-order chi connectivity index (χ0) is 23.8. The molecule has 33 heavy (non-hydrogen) atoms. The number of nitrogens with one attached hydrogen (secondary N) is 1. The second-order valence-corrected chi connectivity index (χ2v) is 10.6. The van der Waals surface area contributed by atoms with Crippen molar-refractivity contribution in [2.45, 2.75) is 24.5 Å². The first-order valence-electron chi connectivity index (χ1n) is 10.5. The van der Waals surface area contributed by atoms with Gasteiger partial charge >= 0.3 is 0 Å². The van der Waals surface area contributed by atoms with Crippen molar-refractivity contribution >= 4 is 33.4 Å². The van der Waals surface area contributed by atoms with Gasteiger partial charge in [-0.3, -0.25) is 9.10 Å². The van der Waals surface area contributed by atoms with Gasteiger partial charge in [-0.1, -0.05) is 54.1 Å². The predicted octanol–water partition coefficient (Wildman–Crippen LogP) is 4.69. The van der Waals surface area contributed by atoms with Crippen LogP contribution in [0, 0.1) is 19.7 Å².